The average Bonchev–Trinajstić information content (AvgIpc) is 2.57. The van der Waals surface area contributed by atoms with E-state index in [0.717, 1.165) is 13.0 Å². The molecule has 0 spiro atoms. The van der Waals surface area contributed by atoms with Gasteiger partial charge in [-0.05, 0) is 31.5 Å². The molecule has 0 amide bonds. The summed E-state index contributed by atoms with van der Waals surface area (Å²) in [6.07, 6.45) is 5.45. The fourth-order valence-corrected chi connectivity index (χ4v) is 1.87. The third-order valence-electron chi connectivity index (χ3n) is 2.55. The zero-order valence-electron chi connectivity index (χ0n) is 7.67. The molecule has 1 aliphatic heterocycles. The van der Waals surface area contributed by atoms with E-state index in [1.54, 1.807) is 0 Å². The Morgan fingerprint density at radius 3 is 2.77 bits per heavy atom. The highest BCUT2D eigenvalue weighted by molar-refractivity contribution is 4.94. The summed E-state index contributed by atoms with van der Waals surface area (Å²) in [4.78, 5) is 0. The molecule has 13 heavy (non-hydrogen) atoms. The maximum Gasteiger partial charge on any atom is 0.141 e. The first-order valence-electron chi connectivity index (χ1n) is 4.79. The normalized spacial score (nSPS) is 29.0. The van der Waals surface area contributed by atoms with Gasteiger partial charge < -0.3 is 9.88 Å². The molecule has 1 aliphatic rings. The lowest BCUT2D eigenvalue weighted by atomic mass is 9.96. The number of nitrogens with one attached hydrogen (secondary N) is 1. The molecule has 0 aromatic carbocycles. The number of piperidine rings is 1. The molecular weight excluding hydrogens is 167 g/mol. The summed E-state index contributed by atoms with van der Waals surface area (Å²) in [6.45, 7) is 1.93. The SMILES string of the molecule is FC1(Cn2cccc2)CCCNC1. The molecule has 3 heteroatoms. The van der Waals surface area contributed by atoms with Crippen molar-refractivity contribution in [2.24, 2.45) is 0 Å². The van der Waals surface area contributed by atoms with E-state index in [2.05, 4.69) is 5.32 Å². The molecule has 0 bridgehead atoms. The van der Waals surface area contributed by atoms with E-state index in [-0.39, 0.29) is 0 Å². The van der Waals surface area contributed by atoms with Crippen molar-refractivity contribution in [3.05, 3.63) is 24.5 Å². The van der Waals surface area contributed by atoms with E-state index in [1.807, 2.05) is 29.1 Å². The molecule has 2 heterocycles. The summed E-state index contributed by atoms with van der Waals surface area (Å²) in [5.41, 5.74) is -1.04. The van der Waals surface area contributed by atoms with Crippen molar-refractivity contribution in [3.8, 4) is 0 Å². The molecule has 1 fully saturated rings. The summed E-state index contributed by atoms with van der Waals surface area (Å²) < 4.78 is 16.0. The fourth-order valence-electron chi connectivity index (χ4n) is 1.87. The molecule has 1 atom stereocenters. The van der Waals surface area contributed by atoms with E-state index >= 15 is 0 Å². The molecule has 1 saturated heterocycles. The van der Waals surface area contributed by atoms with Crippen molar-refractivity contribution in [1.82, 2.24) is 9.88 Å². The largest absolute Gasteiger partial charge is 0.351 e. The Bertz CT molecular complexity index is 250. The van der Waals surface area contributed by atoms with Crippen LogP contribution in [0.1, 0.15) is 12.8 Å². The van der Waals surface area contributed by atoms with Crippen LogP contribution in [0.2, 0.25) is 0 Å². The second-order valence-electron chi connectivity index (χ2n) is 3.79. The van der Waals surface area contributed by atoms with Crippen molar-refractivity contribution < 1.29 is 4.39 Å². The first-order valence-corrected chi connectivity index (χ1v) is 4.79. The Labute approximate surface area is 77.7 Å². The highest BCUT2D eigenvalue weighted by Gasteiger charge is 2.31. The minimum absolute atomic E-state index is 0.479. The molecular formula is C10H15FN2. The van der Waals surface area contributed by atoms with Crippen molar-refractivity contribution in [3.63, 3.8) is 0 Å². The Morgan fingerprint density at radius 2 is 2.15 bits per heavy atom. The second kappa shape index (κ2) is 3.50. The summed E-state index contributed by atoms with van der Waals surface area (Å²) in [7, 11) is 0. The maximum absolute atomic E-state index is 14.1. The van der Waals surface area contributed by atoms with Crippen molar-refractivity contribution in [2.45, 2.75) is 25.1 Å². The standard InChI is InChI=1S/C10H15FN2/c11-10(4-3-5-12-8-10)9-13-6-1-2-7-13/h1-2,6-7,12H,3-5,8-9H2. The third-order valence-corrected chi connectivity index (χ3v) is 2.55. The van der Waals surface area contributed by atoms with Gasteiger partial charge in [-0.25, -0.2) is 4.39 Å². The molecule has 2 nitrogen and oxygen atoms in total. The highest BCUT2D eigenvalue weighted by Crippen LogP contribution is 2.22. The summed E-state index contributed by atoms with van der Waals surface area (Å²) in [5, 5.41) is 3.10. The van der Waals surface area contributed by atoms with Gasteiger partial charge in [0, 0.05) is 18.9 Å². The third kappa shape index (κ3) is 2.10. The molecule has 1 aromatic heterocycles. The minimum Gasteiger partial charge on any atom is -0.351 e. The van der Waals surface area contributed by atoms with Crippen LogP contribution in [0.3, 0.4) is 0 Å². The van der Waals surface area contributed by atoms with Crippen molar-refractivity contribution in [1.29, 1.82) is 0 Å². The van der Waals surface area contributed by atoms with E-state index in [0.29, 0.717) is 19.5 Å². The lowest BCUT2D eigenvalue weighted by molar-refractivity contribution is 0.100. The van der Waals surface area contributed by atoms with Gasteiger partial charge in [-0.15, -0.1) is 0 Å². The van der Waals surface area contributed by atoms with Crippen LogP contribution in [0.4, 0.5) is 4.39 Å². The average molecular weight is 182 g/mol. The lowest BCUT2D eigenvalue weighted by Crippen LogP contribution is -2.44. The molecule has 0 aliphatic carbocycles. The second-order valence-corrected chi connectivity index (χ2v) is 3.79. The minimum atomic E-state index is -1.04. The van der Waals surface area contributed by atoms with Gasteiger partial charge in [-0.3, -0.25) is 0 Å². The Kier molecular flexibility index (Phi) is 2.36. The van der Waals surface area contributed by atoms with Crippen LogP contribution >= 0.6 is 0 Å². The summed E-state index contributed by atoms with van der Waals surface area (Å²) in [6, 6.07) is 3.86. The molecule has 2 rings (SSSR count). The number of alkyl halides is 1. The molecule has 72 valence electrons. The predicted octanol–water partition coefficient (Wildman–Crippen LogP) is 1.58. The quantitative estimate of drug-likeness (QED) is 0.734. The van der Waals surface area contributed by atoms with Gasteiger partial charge in [0.25, 0.3) is 0 Å². The summed E-state index contributed by atoms with van der Waals surface area (Å²) in [5.74, 6) is 0. The van der Waals surface area contributed by atoms with Gasteiger partial charge in [-0.1, -0.05) is 0 Å². The molecule has 0 radical (unpaired) electrons. The van der Waals surface area contributed by atoms with Crippen LogP contribution in [0.25, 0.3) is 0 Å². The van der Waals surface area contributed by atoms with E-state index in [1.165, 1.54) is 0 Å². The number of halogens is 1. The van der Waals surface area contributed by atoms with Crippen molar-refractivity contribution in [2.75, 3.05) is 13.1 Å². The molecule has 0 saturated carbocycles. The Balaban J connectivity index is 1.99. The first-order chi connectivity index (χ1) is 6.29. The Morgan fingerprint density at radius 1 is 1.38 bits per heavy atom. The summed E-state index contributed by atoms with van der Waals surface area (Å²) >= 11 is 0. The zero-order chi connectivity index (χ0) is 9.15. The zero-order valence-corrected chi connectivity index (χ0v) is 7.67. The smallest absolute Gasteiger partial charge is 0.141 e. The number of hydrogen-bond acceptors (Lipinski definition) is 1. The van der Waals surface area contributed by atoms with E-state index in [9.17, 15) is 4.39 Å². The van der Waals surface area contributed by atoms with Crippen molar-refractivity contribution >= 4 is 0 Å². The van der Waals surface area contributed by atoms with Gasteiger partial charge in [-0.2, -0.15) is 0 Å². The van der Waals surface area contributed by atoms with Crippen LogP contribution in [-0.2, 0) is 6.54 Å². The molecule has 1 unspecified atom stereocenters. The lowest BCUT2D eigenvalue weighted by Gasteiger charge is -2.30. The van der Waals surface area contributed by atoms with Gasteiger partial charge >= 0.3 is 0 Å². The molecule has 1 aromatic rings. The van der Waals surface area contributed by atoms with Gasteiger partial charge in [0.1, 0.15) is 5.67 Å². The van der Waals surface area contributed by atoms with Gasteiger partial charge in [0.2, 0.25) is 0 Å². The van der Waals surface area contributed by atoms with Crippen LogP contribution < -0.4 is 5.32 Å². The fraction of sp³-hybridized carbons (Fsp3) is 0.600. The van der Waals surface area contributed by atoms with Crippen LogP contribution in [-0.4, -0.2) is 23.3 Å². The monoisotopic (exact) mass is 182 g/mol. The number of aromatic nitrogens is 1. The highest BCUT2D eigenvalue weighted by atomic mass is 19.1. The number of rotatable bonds is 2. The van der Waals surface area contributed by atoms with E-state index in [4.69, 9.17) is 0 Å². The van der Waals surface area contributed by atoms with Crippen LogP contribution in [0.5, 0.6) is 0 Å². The van der Waals surface area contributed by atoms with Crippen LogP contribution in [0, 0.1) is 0 Å². The van der Waals surface area contributed by atoms with Gasteiger partial charge in [0.15, 0.2) is 0 Å². The number of hydrogen-bond donors (Lipinski definition) is 1. The van der Waals surface area contributed by atoms with Gasteiger partial charge in [0.05, 0.1) is 6.54 Å². The Hall–Kier alpha value is -0.830. The molecule has 1 N–H and O–H groups in total. The number of nitrogens with zero attached hydrogens (tertiary/aromatic N) is 1. The first kappa shape index (κ1) is 8.75. The topological polar surface area (TPSA) is 17.0 Å². The van der Waals surface area contributed by atoms with E-state index < -0.39 is 5.67 Å². The van der Waals surface area contributed by atoms with Crippen LogP contribution in [0.15, 0.2) is 24.5 Å². The maximum atomic E-state index is 14.1. The predicted molar refractivity (Wildman–Crippen MR) is 50.4 cm³/mol.